The molecule has 28 heavy (non-hydrogen) atoms. The number of ether oxygens (including phenoxy) is 2. The third-order valence-corrected chi connectivity index (χ3v) is 4.75. The average molecular weight is 400 g/mol. The largest absolute Gasteiger partial charge is 0.454 e. The number of nitrogens with zero attached hydrogens (tertiary/aromatic N) is 1. The second-order valence-corrected chi connectivity index (χ2v) is 7.32. The monoisotopic (exact) mass is 400 g/mol. The Labute approximate surface area is 161 Å². The lowest BCUT2D eigenvalue weighted by atomic mass is 10.2. The van der Waals surface area contributed by atoms with E-state index in [9.17, 15) is 18.5 Å². The summed E-state index contributed by atoms with van der Waals surface area (Å²) in [6, 6.07) is 12.7. The molecule has 1 amide bonds. The van der Waals surface area contributed by atoms with Gasteiger partial charge in [-0.3, -0.25) is 4.79 Å². The van der Waals surface area contributed by atoms with Gasteiger partial charge in [0.25, 0.3) is 5.91 Å². The highest BCUT2D eigenvalue weighted by molar-refractivity contribution is 7.89. The number of fused-ring (bicyclic) bond motifs is 1. The number of hydrogen-bond acceptors (Lipinski definition) is 7. The Kier molecular flexibility index (Phi) is 5.49. The molecular formula is C18H16N4O5S. The predicted octanol–water partition coefficient (Wildman–Crippen LogP) is 1.20. The molecule has 0 fully saturated rings. The smallest absolute Gasteiger partial charge is 0.263 e. The van der Waals surface area contributed by atoms with Gasteiger partial charge < -0.3 is 20.1 Å². The van der Waals surface area contributed by atoms with E-state index in [4.69, 9.17) is 14.6 Å². The zero-order valence-corrected chi connectivity index (χ0v) is 15.3. The summed E-state index contributed by atoms with van der Waals surface area (Å²) in [5.41, 5.74) is 1.14. The number of nitrogens with two attached hydrogens (primary N) is 1. The van der Waals surface area contributed by atoms with Crippen molar-refractivity contribution in [2.75, 3.05) is 12.1 Å². The summed E-state index contributed by atoms with van der Waals surface area (Å²) in [7, 11) is -3.78. The molecule has 10 heteroatoms. The summed E-state index contributed by atoms with van der Waals surface area (Å²) in [5, 5.41) is 19.6. The van der Waals surface area contributed by atoms with E-state index >= 15 is 0 Å². The topological polar surface area (TPSA) is 144 Å². The van der Waals surface area contributed by atoms with Crippen LogP contribution in [0, 0.1) is 11.3 Å². The van der Waals surface area contributed by atoms with Crippen molar-refractivity contribution in [1.29, 1.82) is 5.26 Å². The van der Waals surface area contributed by atoms with E-state index in [1.54, 1.807) is 18.2 Å². The van der Waals surface area contributed by atoms with Crippen LogP contribution >= 0.6 is 0 Å². The van der Waals surface area contributed by atoms with Crippen molar-refractivity contribution >= 4 is 21.6 Å². The molecule has 0 unspecified atom stereocenters. The molecule has 2 aromatic carbocycles. The van der Waals surface area contributed by atoms with Gasteiger partial charge >= 0.3 is 0 Å². The number of amides is 1. The maximum Gasteiger partial charge on any atom is 0.263 e. The van der Waals surface area contributed by atoms with E-state index in [0.717, 1.165) is 5.56 Å². The van der Waals surface area contributed by atoms with E-state index in [-0.39, 0.29) is 23.8 Å². The van der Waals surface area contributed by atoms with Gasteiger partial charge in [0.1, 0.15) is 11.6 Å². The summed E-state index contributed by atoms with van der Waals surface area (Å²) in [4.78, 5) is 12.2. The van der Waals surface area contributed by atoms with Crippen molar-refractivity contribution in [3.8, 4) is 17.6 Å². The number of carbonyl (C=O) groups is 1. The lowest BCUT2D eigenvalue weighted by Gasteiger charge is -2.07. The Bertz CT molecular complexity index is 1070. The molecule has 0 atom stereocenters. The van der Waals surface area contributed by atoms with Crippen LogP contribution in [0.2, 0.25) is 0 Å². The highest BCUT2D eigenvalue weighted by atomic mass is 32.2. The van der Waals surface area contributed by atoms with Crippen molar-refractivity contribution in [2.24, 2.45) is 5.14 Å². The van der Waals surface area contributed by atoms with E-state index in [1.807, 2.05) is 6.07 Å². The molecular weight excluding hydrogens is 384 g/mol. The zero-order chi connectivity index (χ0) is 20.1. The standard InChI is InChI=1S/C18H16N4O5S/c19-8-13(10-21-14-2-4-15(5-3-14)28(20,24)25)18(23)22-9-12-1-6-16-17(7-12)27-11-26-16/h1-7,10,21H,9,11H2,(H,22,23)(H2,20,24,25)/b13-10-. The molecule has 2 aromatic rings. The van der Waals surface area contributed by atoms with Crippen molar-refractivity contribution < 1.29 is 22.7 Å². The van der Waals surface area contributed by atoms with Crippen molar-refractivity contribution in [3.05, 3.63) is 59.8 Å². The Hall–Kier alpha value is -3.55. The first kappa shape index (κ1) is 19.2. The molecule has 9 nitrogen and oxygen atoms in total. The predicted molar refractivity (Wildman–Crippen MR) is 99.5 cm³/mol. The van der Waals surface area contributed by atoms with Gasteiger partial charge in [0.15, 0.2) is 11.5 Å². The van der Waals surface area contributed by atoms with Gasteiger partial charge in [-0.1, -0.05) is 6.07 Å². The van der Waals surface area contributed by atoms with E-state index in [0.29, 0.717) is 17.2 Å². The molecule has 0 saturated heterocycles. The highest BCUT2D eigenvalue weighted by Crippen LogP contribution is 2.32. The van der Waals surface area contributed by atoms with Crippen LogP contribution in [0.15, 0.2) is 59.1 Å². The van der Waals surface area contributed by atoms with Crippen LogP contribution in [-0.4, -0.2) is 21.1 Å². The van der Waals surface area contributed by atoms with Crippen molar-refractivity contribution in [1.82, 2.24) is 5.32 Å². The molecule has 3 rings (SSSR count). The second kappa shape index (κ2) is 7.99. The maximum atomic E-state index is 12.2. The molecule has 4 N–H and O–H groups in total. The summed E-state index contributed by atoms with van der Waals surface area (Å²) < 4.78 is 33.0. The first-order chi connectivity index (χ1) is 13.4. The van der Waals surface area contributed by atoms with Crippen LogP contribution in [-0.2, 0) is 21.4 Å². The fraction of sp³-hybridized carbons (Fsp3) is 0.111. The molecule has 1 aliphatic rings. The number of primary sulfonamides is 1. The quantitative estimate of drug-likeness (QED) is 0.488. The van der Waals surface area contributed by atoms with E-state index in [1.165, 1.54) is 30.5 Å². The van der Waals surface area contributed by atoms with E-state index in [2.05, 4.69) is 10.6 Å². The molecule has 0 aliphatic carbocycles. The minimum atomic E-state index is -3.78. The molecule has 0 aromatic heterocycles. The molecule has 1 aliphatic heterocycles. The Morgan fingerprint density at radius 2 is 1.89 bits per heavy atom. The molecule has 1 heterocycles. The van der Waals surface area contributed by atoms with Crippen LogP contribution in [0.3, 0.4) is 0 Å². The van der Waals surface area contributed by atoms with Gasteiger partial charge in [0.2, 0.25) is 16.8 Å². The van der Waals surface area contributed by atoms with Gasteiger partial charge in [-0.05, 0) is 42.0 Å². The summed E-state index contributed by atoms with van der Waals surface area (Å²) >= 11 is 0. The van der Waals surface area contributed by atoms with Crippen molar-refractivity contribution in [2.45, 2.75) is 11.4 Å². The third kappa shape index (κ3) is 4.59. The number of benzene rings is 2. The fourth-order valence-corrected chi connectivity index (χ4v) is 2.89. The third-order valence-electron chi connectivity index (χ3n) is 3.82. The summed E-state index contributed by atoms with van der Waals surface area (Å²) in [5.74, 6) is 0.687. The maximum absolute atomic E-state index is 12.2. The summed E-state index contributed by atoms with van der Waals surface area (Å²) in [6.45, 7) is 0.369. The molecule has 0 spiro atoms. The first-order valence-corrected chi connectivity index (χ1v) is 9.58. The Balaban J connectivity index is 1.60. The van der Waals surface area contributed by atoms with Gasteiger partial charge in [0.05, 0.1) is 4.90 Å². The van der Waals surface area contributed by atoms with Gasteiger partial charge in [-0.2, -0.15) is 5.26 Å². The number of sulfonamides is 1. The normalized spacial score (nSPS) is 12.9. The Morgan fingerprint density at radius 1 is 1.18 bits per heavy atom. The molecule has 0 bridgehead atoms. The Morgan fingerprint density at radius 3 is 2.57 bits per heavy atom. The van der Waals surface area contributed by atoms with Crippen LogP contribution in [0.1, 0.15) is 5.56 Å². The van der Waals surface area contributed by atoms with E-state index < -0.39 is 15.9 Å². The lowest BCUT2D eigenvalue weighted by Crippen LogP contribution is -2.24. The SMILES string of the molecule is N#C/C(=C/Nc1ccc(S(N)(=O)=O)cc1)C(=O)NCc1ccc2c(c1)OCO2. The minimum Gasteiger partial charge on any atom is -0.454 e. The molecule has 0 saturated carbocycles. The first-order valence-electron chi connectivity index (χ1n) is 8.03. The number of hydrogen-bond donors (Lipinski definition) is 3. The van der Waals surface area contributed by atoms with Crippen molar-refractivity contribution in [3.63, 3.8) is 0 Å². The zero-order valence-electron chi connectivity index (χ0n) is 14.5. The molecule has 0 radical (unpaired) electrons. The fourth-order valence-electron chi connectivity index (χ4n) is 2.37. The van der Waals surface area contributed by atoms with Gasteiger partial charge in [0, 0.05) is 18.4 Å². The number of anilines is 1. The lowest BCUT2D eigenvalue weighted by molar-refractivity contribution is -0.117. The van der Waals surface area contributed by atoms with Gasteiger partial charge in [-0.25, -0.2) is 13.6 Å². The minimum absolute atomic E-state index is 0.0380. The second-order valence-electron chi connectivity index (χ2n) is 5.75. The highest BCUT2D eigenvalue weighted by Gasteiger charge is 2.14. The van der Waals surface area contributed by atoms with Crippen LogP contribution in [0.4, 0.5) is 5.69 Å². The number of carbonyl (C=O) groups excluding carboxylic acids is 1. The average Bonchev–Trinajstić information content (AvgIpc) is 3.14. The number of nitrogens with one attached hydrogen (secondary N) is 2. The molecule has 144 valence electrons. The summed E-state index contributed by atoms with van der Waals surface area (Å²) in [6.07, 6.45) is 1.24. The van der Waals surface area contributed by atoms with Crippen LogP contribution in [0.25, 0.3) is 0 Å². The van der Waals surface area contributed by atoms with Gasteiger partial charge in [-0.15, -0.1) is 0 Å². The number of nitriles is 1. The van der Waals surface area contributed by atoms with Crippen LogP contribution < -0.4 is 25.2 Å². The number of rotatable bonds is 6. The van der Waals surface area contributed by atoms with Crippen LogP contribution in [0.5, 0.6) is 11.5 Å².